The van der Waals surface area contributed by atoms with Gasteiger partial charge in [0.2, 0.25) is 5.95 Å². The van der Waals surface area contributed by atoms with Crippen LogP contribution in [0.5, 0.6) is 0 Å². The Morgan fingerprint density at radius 1 is 1.09 bits per heavy atom. The van der Waals surface area contributed by atoms with Crippen LogP contribution in [0.25, 0.3) is 16.6 Å². The number of nitrogens with one attached hydrogen (secondary N) is 1. The van der Waals surface area contributed by atoms with Gasteiger partial charge in [0.25, 0.3) is 11.5 Å². The first kappa shape index (κ1) is 20.1. The third-order valence-electron chi connectivity index (χ3n) is 5.77. The SMILES string of the molecule is Cc1cccc(-n2c(N3CCCC3)nc3cc(C(=O)NCc4ccco4)ccc3c2=O)c1. The van der Waals surface area contributed by atoms with Crippen LogP contribution in [-0.4, -0.2) is 28.5 Å². The van der Waals surface area contributed by atoms with Gasteiger partial charge in [-0.2, -0.15) is 0 Å². The first-order valence-corrected chi connectivity index (χ1v) is 10.8. The maximum Gasteiger partial charge on any atom is 0.267 e. The van der Waals surface area contributed by atoms with Gasteiger partial charge in [-0.05, 0) is 67.8 Å². The Morgan fingerprint density at radius 3 is 2.69 bits per heavy atom. The van der Waals surface area contributed by atoms with Crippen molar-refractivity contribution in [2.75, 3.05) is 18.0 Å². The van der Waals surface area contributed by atoms with Crippen LogP contribution < -0.4 is 15.8 Å². The summed E-state index contributed by atoms with van der Waals surface area (Å²) in [6.07, 6.45) is 3.70. The van der Waals surface area contributed by atoms with E-state index in [-0.39, 0.29) is 11.5 Å². The average molecular weight is 428 g/mol. The minimum atomic E-state index is -0.240. The molecule has 7 heteroatoms. The Morgan fingerprint density at radius 2 is 1.94 bits per heavy atom. The summed E-state index contributed by atoms with van der Waals surface area (Å²) >= 11 is 0. The van der Waals surface area contributed by atoms with Crippen molar-refractivity contribution < 1.29 is 9.21 Å². The Kier molecular flexibility index (Phi) is 5.23. The lowest BCUT2D eigenvalue weighted by Crippen LogP contribution is -2.30. The molecule has 162 valence electrons. The second kappa shape index (κ2) is 8.34. The summed E-state index contributed by atoms with van der Waals surface area (Å²) in [5.74, 6) is 1.06. The number of furan rings is 1. The van der Waals surface area contributed by atoms with Crippen molar-refractivity contribution in [3.8, 4) is 5.69 Å². The fraction of sp³-hybridized carbons (Fsp3) is 0.240. The highest BCUT2D eigenvalue weighted by Crippen LogP contribution is 2.24. The number of carbonyl (C=O) groups excluding carboxylic acids is 1. The van der Waals surface area contributed by atoms with E-state index in [1.165, 1.54) is 0 Å². The maximum atomic E-state index is 13.6. The predicted octanol–water partition coefficient (Wildman–Crippen LogP) is 3.82. The molecule has 1 amide bonds. The van der Waals surface area contributed by atoms with Crippen molar-refractivity contribution in [1.29, 1.82) is 0 Å². The van der Waals surface area contributed by atoms with E-state index < -0.39 is 0 Å². The van der Waals surface area contributed by atoms with Gasteiger partial charge >= 0.3 is 0 Å². The number of carbonyl (C=O) groups is 1. The molecular weight excluding hydrogens is 404 g/mol. The number of hydrogen-bond acceptors (Lipinski definition) is 5. The molecule has 0 unspecified atom stereocenters. The standard InChI is InChI=1S/C25H24N4O3/c1-17-6-4-7-19(14-17)29-24(31)21-10-9-18(23(30)26-16-20-8-5-13-32-20)15-22(21)27-25(29)28-11-2-3-12-28/h4-10,13-15H,2-3,11-12,16H2,1H3,(H,26,30). The molecule has 0 radical (unpaired) electrons. The number of aromatic nitrogens is 2. The van der Waals surface area contributed by atoms with Crippen LogP contribution in [-0.2, 0) is 6.54 Å². The fourth-order valence-electron chi connectivity index (χ4n) is 4.13. The van der Waals surface area contributed by atoms with Crippen LogP contribution in [0.2, 0.25) is 0 Å². The van der Waals surface area contributed by atoms with Crippen molar-refractivity contribution in [2.45, 2.75) is 26.3 Å². The van der Waals surface area contributed by atoms with Crippen molar-refractivity contribution in [3.63, 3.8) is 0 Å². The van der Waals surface area contributed by atoms with Gasteiger partial charge in [-0.1, -0.05) is 12.1 Å². The van der Waals surface area contributed by atoms with Crippen LogP contribution in [0.3, 0.4) is 0 Å². The van der Waals surface area contributed by atoms with E-state index in [1.807, 2.05) is 31.2 Å². The molecule has 4 aromatic rings. The third-order valence-corrected chi connectivity index (χ3v) is 5.77. The maximum absolute atomic E-state index is 13.6. The molecule has 2 aromatic carbocycles. The quantitative estimate of drug-likeness (QED) is 0.523. The zero-order valence-electron chi connectivity index (χ0n) is 17.9. The summed E-state index contributed by atoms with van der Waals surface area (Å²) in [6, 6.07) is 16.5. The van der Waals surface area contributed by atoms with Gasteiger partial charge in [0.05, 0.1) is 29.4 Å². The van der Waals surface area contributed by atoms with Crippen LogP contribution in [0.1, 0.15) is 34.5 Å². The summed E-state index contributed by atoms with van der Waals surface area (Å²) < 4.78 is 6.96. The van der Waals surface area contributed by atoms with Crippen LogP contribution in [0, 0.1) is 6.92 Å². The lowest BCUT2D eigenvalue weighted by Gasteiger charge is -2.22. The molecule has 1 N–H and O–H groups in total. The minimum Gasteiger partial charge on any atom is -0.467 e. The summed E-state index contributed by atoms with van der Waals surface area (Å²) in [6.45, 7) is 4.01. The molecule has 32 heavy (non-hydrogen) atoms. The normalized spacial score (nSPS) is 13.6. The Labute approximate surface area is 185 Å². The number of nitrogens with zero attached hydrogens (tertiary/aromatic N) is 3. The predicted molar refractivity (Wildman–Crippen MR) is 123 cm³/mol. The minimum absolute atomic E-state index is 0.134. The second-order valence-corrected chi connectivity index (χ2v) is 8.08. The van der Waals surface area contributed by atoms with E-state index in [1.54, 1.807) is 41.2 Å². The first-order chi connectivity index (χ1) is 15.6. The van der Waals surface area contributed by atoms with E-state index in [4.69, 9.17) is 9.40 Å². The molecule has 7 nitrogen and oxygen atoms in total. The Balaban J connectivity index is 1.58. The number of rotatable bonds is 5. The second-order valence-electron chi connectivity index (χ2n) is 8.08. The average Bonchev–Trinajstić information content (AvgIpc) is 3.51. The van der Waals surface area contributed by atoms with Gasteiger partial charge in [0, 0.05) is 18.7 Å². The summed E-state index contributed by atoms with van der Waals surface area (Å²) in [5, 5.41) is 3.32. The van der Waals surface area contributed by atoms with E-state index in [0.29, 0.717) is 34.7 Å². The highest BCUT2D eigenvalue weighted by molar-refractivity contribution is 5.97. The highest BCUT2D eigenvalue weighted by atomic mass is 16.3. The molecule has 0 saturated carbocycles. The molecule has 1 saturated heterocycles. The third kappa shape index (κ3) is 3.77. The molecule has 0 spiro atoms. The van der Waals surface area contributed by atoms with Crippen molar-refractivity contribution in [2.24, 2.45) is 0 Å². The van der Waals surface area contributed by atoms with E-state index in [9.17, 15) is 9.59 Å². The monoisotopic (exact) mass is 428 g/mol. The van der Waals surface area contributed by atoms with Gasteiger partial charge in [0.1, 0.15) is 5.76 Å². The molecule has 0 atom stereocenters. The van der Waals surface area contributed by atoms with Crippen molar-refractivity contribution in [3.05, 3.63) is 88.1 Å². The molecule has 5 rings (SSSR count). The molecule has 3 heterocycles. The Bertz CT molecular complexity index is 1340. The number of anilines is 1. The molecule has 0 aliphatic carbocycles. The van der Waals surface area contributed by atoms with E-state index in [0.717, 1.165) is 37.2 Å². The summed E-state index contributed by atoms with van der Waals surface area (Å²) in [4.78, 5) is 33.2. The molecule has 1 fully saturated rings. The fourth-order valence-corrected chi connectivity index (χ4v) is 4.13. The number of fused-ring (bicyclic) bond motifs is 1. The van der Waals surface area contributed by atoms with E-state index in [2.05, 4.69) is 10.2 Å². The van der Waals surface area contributed by atoms with Crippen LogP contribution in [0.4, 0.5) is 5.95 Å². The van der Waals surface area contributed by atoms with Gasteiger partial charge in [-0.15, -0.1) is 0 Å². The number of aryl methyl sites for hydroxylation is 1. The van der Waals surface area contributed by atoms with Crippen molar-refractivity contribution >= 4 is 22.8 Å². The summed E-state index contributed by atoms with van der Waals surface area (Å²) in [7, 11) is 0. The molecule has 0 bridgehead atoms. The van der Waals surface area contributed by atoms with Crippen LogP contribution >= 0.6 is 0 Å². The van der Waals surface area contributed by atoms with Gasteiger partial charge in [-0.3, -0.25) is 9.59 Å². The summed E-state index contributed by atoms with van der Waals surface area (Å²) in [5.41, 5.74) is 2.71. The van der Waals surface area contributed by atoms with Crippen molar-refractivity contribution in [1.82, 2.24) is 14.9 Å². The number of hydrogen-bond donors (Lipinski definition) is 1. The largest absolute Gasteiger partial charge is 0.467 e. The lowest BCUT2D eigenvalue weighted by molar-refractivity contribution is 0.0948. The van der Waals surface area contributed by atoms with Gasteiger partial charge in [-0.25, -0.2) is 9.55 Å². The van der Waals surface area contributed by atoms with Gasteiger partial charge in [0.15, 0.2) is 0 Å². The zero-order chi connectivity index (χ0) is 22.1. The topological polar surface area (TPSA) is 80.4 Å². The molecule has 2 aromatic heterocycles. The van der Waals surface area contributed by atoms with Gasteiger partial charge < -0.3 is 14.6 Å². The highest BCUT2D eigenvalue weighted by Gasteiger charge is 2.22. The molecule has 1 aliphatic rings. The number of amides is 1. The van der Waals surface area contributed by atoms with E-state index >= 15 is 0 Å². The lowest BCUT2D eigenvalue weighted by atomic mass is 10.1. The first-order valence-electron chi connectivity index (χ1n) is 10.8. The van der Waals surface area contributed by atoms with Crippen LogP contribution in [0.15, 0.2) is 70.1 Å². The molecule has 1 aliphatic heterocycles. The zero-order valence-corrected chi connectivity index (χ0v) is 17.9. The Hall–Kier alpha value is -3.87. The molecular formula is C25H24N4O3. The number of benzene rings is 2. The smallest absolute Gasteiger partial charge is 0.267 e.